The second kappa shape index (κ2) is 14.1. The number of aromatic nitrogens is 6. The molecule has 2 saturated carbocycles. The molecular formula is C35H38BCl3IN6O2-. The first-order chi connectivity index (χ1) is 22.5. The van der Waals surface area contributed by atoms with Crippen LogP contribution in [0.3, 0.4) is 0 Å². The molecule has 1 aliphatic heterocycles. The van der Waals surface area contributed by atoms with Gasteiger partial charge in [0.2, 0.25) is 0 Å². The van der Waals surface area contributed by atoms with E-state index in [1.54, 1.807) is 6.07 Å². The number of nitrogens with one attached hydrogen (secondary N) is 1. The molecule has 0 bridgehead atoms. The third-order valence-electron chi connectivity index (χ3n) is 9.48. The summed E-state index contributed by atoms with van der Waals surface area (Å²) in [6.45, 7) is 10.4. The van der Waals surface area contributed by atoms with E-state index in [1.165, 1.54) is 31.1 Å². The predicted octanol–water partition coefficient (Wildman–Crippen LogP) is 5.72. The zero-order valence-electron chi connectivity index (χ0n) is 27.4. The molecule has 2 aliphatic carbocycles. The Balaban J connectivity index is 0.000000136. The van der Waals surface area contributed by atoms with Crippen LogP contribution in [0.1, 0.15) is 53.4 Å². The smallest absolute Gasteiger partial charge is 0.512 e. The quantitative estimate of drug-likeness (QED) is 0.137. The van der Waals surface area contributed by atoms with Gasteiger partial charge in [0.1, 0.15) is 32.4 Å². The lowest BCUT2D eigenvalue weighted by molar-refractivity contribution is -0.0000124. The van der Waals surface area contributed by atoms with Crippen molar-refractivity contribution >= 4 is 80.6 Å². The molecule has 1 saturated heterocycles. The van der Waals surface area contributed by atoms with Crippen LogP contribution in [0, 0.1) is 11.8 Å². The van der Waals surface area contributed by atoms with E-state index in [9.17, 15) is 0 Å². The first-order valence-corrected chi connectivity index (χ1v) is 17.3. The molecule has 0 spiro atoms. The fourth-order valence-electron chi connectivity index (χ4n) is 5.70. The van der Waals surface area contributed by atoms with Crippen molar-refractivity contribution in [1.29, 1.82) is 0 Å². The maximum atomic E-state index is 6.25. The zero-order valence-corrected chi connectivity index (χ0v) is 31.8. The van der Waals surface area contributed by atoms with Crippen LogP contribution in [0.5, 0.6) is 0 Å². The fraction of sp³-hybridized carbons (Fsp3) is 0.400. The molecule has 48 heavy (non-hydrogen) atoms. The summed E-state index contributed by atoms with van der Waals surface area (Å²) in [5, 5.41) is 4.97. The van der Waals surface area contributed by atoms with Crippen LogP contribution in [0.4, 0.5) is 0 Å². The normalized spacial score (nSPS) is 17.9. The number of aromatic amines is 1. The fourth-order valence-corrected chi connectivity index (χ4v) is 6.14. The summed E-state index contributed by atoms with van der Waals surface area (Å²) in [5.41, 5.74) is 3.14. The van der Waals surface area contributed by atoms with Gasteiger partial charge >= 0.3 is 7.12 Å². The van der Waals surface area contributed by atoms with Gasteiger partial charge in [-0.3, -0.25) is 0 Å². The Hall–Kier alpha value is -2.35. The first kappa shape index (κ1) is 35.5. The largest absolute Gasteiger partial charge is 1.00 e. The van der Waals surface area contributed by atoms with E-state index in [0.29, 0.717) is 15.5 Å². The summed E-state index contributed by atoms with van der Waals surface area (Å²) in [4.78, 5) is 15.9. The molecule has 13 heteroatoms. The van der Waals surface area contributed by atoms with Gasteiger partial charge in [-0.25, -0.2) is 15.0 Å². The number of nitrogens with zero attached hydrogens (tertiary/aromatic N) is 5. The highest BCUT2D eigenvalue weighted by molar-refractivity contribution is 6.61. The van der Waals surface area contributed by atoms with Crippen LogP contribution in [-0.2, 0) is 22.4 Å². The molecule has 9 rings (SSSR count). The van der Waals surface area contributed by atoms with Crippen molar-refractivity contribution in [2.24, 2.45) is 11.8 Å². The molecule has 0 aromatic carbocycles. The molecule has 3 aliphatic rings. The van der Waals surface area contributed by atoms with Crippen LogP contribution in [0.25, 0.3) is 33.1 Å². The summed E-state index contributed by atoms with van der Waals surface area (Å²) in [7, 11) is -0.369. The van der Waals surface area contributed by atoms with Crippen LogP contribution < -0.4 is 29.6 Å². The Bertz CT molecular complexity index is 2040. The lowest BCUT2D eigenvalue weighted by Crippen LogP contribution is -3.00. The zero-order chi connectivity index (χ0) is 32.9. The number of halogens is 4. The van der Waals surface area contributed by atoms with Crippen LogP contribution in [-0.4, -0.2) is 47.4 Å². The highest BCUT2D eigenvalue weighted by Gasteiger charge is 2.53. The van der Waals surface area contributed by atoms with E-state index in [1.807, 2.05) is 42.6 Å². The van der Waals surface area contributed by atoms with E-state index in [-0.39, 0.29) is 42.3 Å². The monoisotopic (exact) mass is 817 g/mol. The SMILES string of the molecule is CC1(C)OB(c2cc3ccc(Cl)nc3n2CC2CC2)OC1(C)C.Clc1ccc2cc[nH]c2n1.Clc1ccc2ccn(CC3CC3)c2n1.[I-]. The minimum atomic E-state index is -0.369. The second-order valence-corrected chi connectivity index (χ2v) is 14.9. The number of fused-ring (bicyclic) bond motifs is 3. The second-order valence-electron chi connectivity index (χ2n) is 13.8. The van der Waals surface area contributed by atoms with E-state index >= 15 is 0 Å². The summed E-state index contributed by atoms with van der Waals surface area (Å²) in [6, 6.07) is 17.6. The van der Waals surface area contributed by atoms with E-state index in [2.05, 4.69) is 75.1 Å². The van der Waals surface area contributed by atoms with Crippen LogP contribution >= 0.6 is 34.8 Å². The predicted molar refractivity (Wildman–Crippen MR) is 192 cm³/mol. The molecular weight excluding hydrogens is 780 g/mol. The van der Waals surface area contributed by atoms with Crippen LogP contribution in [0.2, 0.25) is 15.5 Å². The first-order valence-electron chi connectivity index (χ1n) is 16.2. The van der Waals surface area contributed by atoms with Gasteiger partial charge in [-0.15, -0.1) is 0 Å². The van der Waals surface area contributed by atoms with Gasteiger partial charge in [0.15, 0.2) is 0 Å². The molecule has 252 valence electrons. The van der Waals surface area contributed by atoms with Crippen molar-refractivity contribution in [2.45, 2.75) is 77.7 Å². The van der Waals surface area contributed by atoms with E-state index < -0.39 is 0 Å². The number of pyridine rings is 3. The standard InChI is InChI=1S/C17H22BClN2O2.C11H11ClN2.C7H5ClN2.HI/c1-16(2)17(3,4)23-18(22-16)13-9-12-7-8-14(19)20-15(12)21(13)10-11-5-6-11;12-10-4-3-9-5-6-14(11(9)13-10)7-8-1-2-8;8-6-2-1-5-3-4-9-7(5)10-6;/h7-9,11H,5-6,10H2,1-4H3;3-6,8H,1-2,7H2;1-4H,(H,9,10);1H/p-1. The summed E-state index contributed by atoms with van der Waals surface area (Å²) >= 11 is 17.6. The topological polar surface area (TPSA) is 82.8 Å². The van der Waals surface area contributed by atoms with Crippen molar-refractivity contribution in [3.8, 4) is 0 Å². The molecule has 0 atom stereocenters. The van der Waals surface area contributed by atoms with Crippen molar-refractivity contribution < 1.29 is 33.3 Å². The number of hydrogen-bond acceptors (Lipinski definition) is 5. The van der Waals surface area contributed by atoms with Crippen molar-refractivity contribution in [2.75, 3.05) is 0 Å². The van der Waals surface area contributed by atoms with Gasteiger partial charge in [-0.05, 0) is 120 Å². The highest BCUT2D eigenvalue weighted by Crippen LogP contribution is 2.38. The highest BCUT2D eigenvalue weighted by atomic mass is 127. The van der Waals surface area contributed by atoms with E-state index in [4.69, 9.17) is 44.1 Å². The van der Waals surface area contributed by atoms with Gasteiger partial charge < -0.3 is 47.4 Å². The minimum absolute atomic E-state index is 0. The van der Waals surface area contributed by atoms with Gasteiger partial charge in [-0.1, -0.05) is 34.8 Å². The Morgan fingerprint density at radius 1 is 0.729 bits per heavy atom. The van der Waals surface area contributed by atoms with Gasteiger partial charge in [-0.2, -0.15) is 0 Å². The van der Waals surface area contributed by atoms with Crippen LogP contribution in [0.15, 0.2) is 67.0 Å². The third-order valence-corrected chi connectivity index (χ3v) is 10.1. The molecule has 6 aromatic rings. The molecule has 0 amide bonds. The average molecular weight is 819 g/mol. The molecule has 1 N–H and O–H groups in total. The Kier molecular flexibility index (Phi) is 10.4. The van der Waals surface area contributed by atoms with Gasteiger partial charge in [0.25, 0.3) is 0 Å². The Morgan fingerprint density at radius 2 is 1.29 bits per heavy atom. The molecule has 6 aromatic heterocycles. The van der Waals surface area contributed by atoms with Crippen molar-refractivity contribution in [3.63, 3.8) is 0 Å². The summed E-state index contributed by atoms with van der Waals surface area (Å²) in [6.07, 6.45) is 9.23. The minimum Gasteiger partial charge on any atom is -1.00 e. The number of hydrogen-bond donors (Lipinski definition) is 1. The maximum Gasteiger partial charge on any atom is 0.512 e. The molecule has 0 radical (unpaired) electrons. The number of rotatable bonds is 5. The van der Waals surface area contributed by atoms with Crippen molar-refractivity contribution in [3.05, 3.63) is 82.5 Å². The van der Waals surface area contributed by atoms with Gasteiger partial charge in [0.05, 0.1) is 16.8 Å². The summed E-state index contributed by atoms with van der Waals surface area (Å²) < 4.78 is 16.9. The molecule has 8 nitrogen and oxygen atoms in total. The average Bonchev–Trinajstić information content (AvgIpc) is 3.88. The Labute approximate surface area is 313 Å². The maximum absolute atomic E-state index is 6.25. The summed E-state index contributed by atoms with van der Waals surface area (Å²) in [5.74, 6) is 1.60. The third kappa shape index (κ3) is 7.84. The number of H-pyrrole nitrogens is 1. The molecule has 0 unspecified atom stereocenters. The van der Waals surface area contributed by atoms with E-state index in [0.717, 1.165) is 58.2 Å². The van der Waals surface area contributed by atoms with Gasteiger partial charge in [0, 0.05) is 41.6 Å². The molecule has 3 fully saturated rings. The van der Waals surface area contributed by atoms with Crippen molar-refractivity contribution in [1.82, 2.24) is 29.1 Å². The lowest BCUT2D eigenvalue weighted by Gasteiger charge is -2.32. The molecule has 7 heterocycles. The Morgan fingerprint density at radius 3 is 1.94 bits per heavy atom. The lowest BCUT2D eigenvalue weighted by atomic mass is 9.84.